The molecule has 1 unspecified atom stereocenters. The highest BCUT2D eigenvalue weighted by Crippen LogP contribution is 2.38. The zero-order valence-electron chi connectivity index (χ0n) is 14.8. The smallest absolute Gasteiger partial charge is 0.303 e. The first-order chi connectivity index (χ1) is 10.7. The predicted octanol–water partition coefficient (Wildman–Crippen LogP) is 7.85. The first-order valence-corrected chi connectivity index (χ1v) is 9.95. The van der Waals surface area contributed by atoms with Crippen LogP contribution < -0.4 is 0 Å². The molecular weight excluding hydrogens is 296 g/mol. The van der Waals surface area contributed by atoms with Gasteiger partial charge in [0.05, 0.1) is 0 Å². The number of carboxylic acid groups (broad SMARTS) is 1. The first kappa shape index (κ1) is 25.7. The Labute approximate surface area is 152 Å². The van der Waals surface area contributed by atoms with Gasteiger partial charge in [-0.15, -0.1) is 0 Å². The summed E-state index contributed by atoms with van der Waals surface area (Å²) in [4.78, 5) is 10.5. The Morgan fingerprint density at radius 3 is 1.75 bits per heavy atom. The van der Waals surface area contributed by atoms with Crippen molar-refractivity contribution in [1.29, 1.82) is 0 Å². The zero-order valence-corrected chi connectivity index (χ0v) is 14.8. The molecule has 0 saturated heterocycles. The van der Waals surface area contributed by atoms with Crippen molar-refractivity contribution in [3.63, 3.8) is 0 Å². The Hall–Kier alpha value is -0.530. The first-order valence-electron chi connectivity index (χ1n) is 9.95. The fourth-order valence-electron chi connectivity index (χ4n) is 4.10. The van der Waals surface area contributed by atoms with Crippen LogP contribution in [-0.2, 0) is 4.79 Å². The molecule has 0 aliphatic heterocycles. The average Bonchev–Trinajstić information content (AvgIpc) is 2.93. The van der Waals surface area contributed by atoms with Crippen molar-refractivity contribution < 1.29 is 9.90 Å². The Bertz CT molecular complexity index is 275. The quantitative estimate of drug-likeness (QED) is 0.326. The lowest BCUT2D eigenvalue weighted by atomic mass is 9.86. The minimum atomic E-state index is -0.644. The van der Waals surface area contributed by atoms with E-state index in [1.54, 1.807) is 0 Å². The van der Waals surface area contributed by atoms with Gasteiger partial charge in [0.1, 0.15) is 0 Å². The van der Waals surface area contributed by atoms with Crippen molar-refractivity contribution in [2.24, 2.45) is 11.8 Å². The van der Waals surface area contributed by atoms with Crippen LogP contribution >= 0.6 is 0 Å². The van der Waals surface area contributed by atoms with Crippen LogP contribution in [0.5, 0.6) is 0 Å². The molecule has 1 saturated carbocycles. The maximum atomic E-state index is 10.5. The molecule has 2 atom stereocenters. The summed E-state index contributed by atoms with van der Waals surface area (Å²) in [5.74, 6) is 1.34. The molecule has 1 fully saturated rings. The molecule has 2 heteroatoms. The van der Waals surface area contributed by atoms with Crippen LogP contribution in [0.4, 0.5) is 0 Å². The van der Waals surface area contributed by atoms with Gasteiger partial charge in [0.25, 0.3) is 0 Å². The number of unbranched alkanes of at least 4 members (excludes halogenated alkanes) is 8. The lowest BCUT2D eigenvalue weighted by Gasteiger charge is -2.19. The summed E-state index contributed by atoms with van der Waals surface area (Å²) in [6.45, 7) is 2.28. The van der Waals surface area contributed by atoms with Crippen molar-refractivity contribution in [3.05, 3.63) is 0 Å². The molecule has 1 aliphatic carbocycles. The highest BCUT2D eigenvalue weighted by atomic mass is 16.4. The van der Waals surface area contributed by atoms with E-state index in [0.29, 0.717) is 6.42 Å². The SMILES string of the molecule is C.C.CCCCCCCC[C@H]1CCCC1CCCCCCC(=O)O. The molecule has 24 heavy (non-hydrogen) atoms. The molecule has 1 rings (SSSR count). The lowest BCUT2D eigenvalue weighted by Crippen LogP contribution is -2.08. The van der Waals surface area contributed by atoms with Gasteiger partial charge in [0.2, 0.25) is 0 Å². The maximum absolute atomic E-state index is 10.5. The van der Waals surface area contributed by atoms with Crippen LogP contribution in [0.1, 0.15) is 125 Å². The number of rotatable bonds is 14. The molecule has 146 valence electrons. The molecule has 1 N–H and O–H groups in total. The van der Waals surface area contributed by atoms with E-state index >= 15 is 0 Å². The van der Waals surface area contributed by atoms with Gasteiger partial charge >= 0.3 is 5.97 Å². The Balaban J connectivity index is 0. The van der Waals surface area contributed by atoms with Crippen molar-refractivity contribution in [3.8, 4) is 0 Å². The van der Waals surface area contributed by atoms with E-state index in [2.05, 4.69) is 6.92 Å². The van der Waals surface area contributed by atoms with Crippen LogP contribution in [-0.4, -0.2) is 11.1 Å². The van der Waals surface area contributed by atoms with Crippen molar-refractivity contribution >= 4 is 5.97 Å². The molecule has 0 spiro atoms. The van der Waals surface area contributed by atoms with E-state index in [9.17, 15) is 4.79 Å². The highest BCUT2D eigenvalue weighted by molar-refractivity contribution is 5.66. The van der Waals surface area contributed by atoms with E-state index < -0.39 is 5.97 Å². The fraction of sp³-hybridized carbons (Fsp3) is 0.955. The summed E-state index contributed by atoms with van der Waals surface area (Å²) in [6, 6.07) is 0. The Morgan fingerprint density at radius 2 is 1.25 bits per heavy atom. The van der Waals surface area contributed by atoms with Crippen LogP contribution in [0.2, 0.25) is 0 Å². The average molecular weight is 343 g/mol. The Kier molecular flexibility index (Phi) is 18.5. The molecule has 2 nitrogen and oxygen atoms in total. The number of hydrogen-bond acceptors (Lipinski definition) is 1. The van der Waals surface area contributed by atoms with E-state index in [-0.39, 0.29) is 14.9 Å². The number of aliphatic carboxylic acids is 1. The van der Waals surface area contributed by atoms with Gasteiger partial charge in [-0.3, -0.25) is 4.79 Å². The van der Waals surface area contributed by atoms with Gasteiger partial charge in [0, 0.05) is 6.42 Å². The number of hydrogen-bond donors (Lipinski definition) is 1. The third-order valence-electron chi connectivity index (χ3n) is 5.46. The molecular formula is C22H46O2. The lowest BCUT2D eigenvalue weighted by molar-refractivity contribution is -0.137. The standard InChI is InChI=1S/C20H38O2.2CH4/c1-2-3-4-5-6-9-13-18-15-12-16-19(18)14-10-7-8-11-17-20(21)22;;/h18-19H,2-17H2,1H3,(H,21,22);2*1H4/t18-,19?;;/m0../s1. The van der Waals surface area contributed by atoms with Crippen LogP contribution in [0, 0.1) is 11.8 Å². The second-order valence-corrected chi connectivity index (χ2v) is 7.35. The summed E-state index contributed by atoms with van der Waals surface area (Å²) < 4.78 is 0. The van der Waals surface area contributed by atoms with Gasteiger partial charge in [-0.05, 0) is 18.3 Å². The normalized spacial score (nSPS) is 19.5. The van der Waals surface area contributed by atoms with Gasteiger partial charge in [0.15, 0.2) is 0 Å². The second-order valence-electron chi connectivity index (χ2n) is 7.35. The van der Waals surface area contributed by atoms with Crippen molar-refractivity contribution in [2.75, 3.05) is 0 Å². The van der Waals surface area contributed by atoms with Gasteiger partial charge in [-0.2, -0.15) is 0 Å². The number of carboxylic acids is 1. The fourth-order valence-corrected chi connectivity index (χ4v) is 4.10. The molecule has 0 aromatic rings. The molecule has 0 bridgehead atoms. The third-order valence-corrected chi connectivity index (χ3v) is 5.46. The van der Waals surface area contributed by atoms with Crippen molar-refractivity contribution in [1.82, 2.24) is 0 Å². The minimum Gasteiger partial charge on any atom is -0.481 e. The van der Waals surface area contributed by atoms with Crippen LogP contribution in [0.15, 0.2) is 0 Å². The Morgan fingerprint density at radius 1 is 0.792 bits per heavy atom. The van der Waals surface area contributed by atoms with Gasteiger partial charge in [-0.25, -0.2) is 0 Å². The van der Waals surface area contributed by atoms with E-state index in [4.69, 9.17) is 5.11 Å². The third kappa shape index (κ3) is 12.8. The summed E-state index contributed by atoms with van der Waals surface area (Å²) in [6.07, 6.45) is 20.6. The van der Waals surface area contributed by atoms with Gasteiger partial charge < -0.3 is 5.11 Å². The van der Waals surface area contributed by atoms with Gasteiger partial charge in [-0.1, -0.05) is 112 Å². The van der Waals surface area contributed by atoms with Crippen LogP contribution in [0.3, 0.4) is 0 Å². The highest BCUT2D eigenvalue weighted by Gasteiger charge is 2.25. The molecule has 1 aliphatic rings. The van der Waals surface area contributed by atoms with E-state index in [1.807, 2.05) is 0 Å². The summed E-state index contributed by atoms with van der Waals surface area (Å²) in [5.41, 5.74) is 0. The molecule has 0 aromatic heterocycles. The predicted molar refractivity (Wildman–Crippen MR) is 108 cm³/mol. The summed E-state index contributed by atoms with van der Waals surface area (Å²) in [7, 11) is 0. The summed E-state index contributed by atoms with van der Waals surface area (Å²) in [5, 5.41) is 8.63. The molecule has 0 heterocycles. The molecule has 0 aromatic carbocycles. The summed E-state index contributed by atoms with van der Waals surface area (Å²) >= 11 is 0. The monoisotopic (exact) mass is 342 g/mol. The second kappa shape index (κ2) is 17.3. The topological polar surface area (TPSA) is 37.3 Å². The zero-order chi connectivity index (χ0) is 16.0. The number of carbonyl (C=O) groups is 1. The van der Waals surface area contributed by atoms with Crippen molar-refractivity contribution in [2.45, 2.75) is 125 Å². The largest absolute Gasteiger partial charge is 0.481 e. The van der Waals surface area contributed by atoms with Crippen LogP contribution in [0.25, 0.3) is 0 Å². The van der Waals surface area contributed by atoms with E-state index in [1.165, 1.54) is 83.5 Å². The molecule has 0 amide bonds. The minimum absolute atomic E-state index is 0. The van der Waals surface area contributed by atoms with E-state index in [0.717, 1.165) is 24.7 Å². The molecule has 0 radical (unpaired) electrons. The maximum Gasteiger partial charge on any atom is 0.303 e.